The lowest BCUT2D eigenvalue weighted by molar-refractivity contribution is -0.146. The molecule has 114 valence electrons. The highest BCUT2D eigenvalue weighted by molar-refractivity contribution is 6.33. The summed E-state index contributed by atoms with van der Waals surface area (Å²) < 4.78 is 37.7. The van der Waals surface area contributed by atoms with Crippen LogP contribution in [0.2, 0.25) is 5.02 Å². The maximum Gasteiger partial charge on any atom is 0.416 e. The molecule has 1 aromatic rings. The molecule has 2 rings (SSSR count). The van der Waals surface area contributed by atoms with E-state index in [1.807, 2.05) is 0 Å². The summed E-state index contributed by atoms with van der Waals surface area (Å²) in [6.07, 6.45) is -4.55. The first-order chi connectivity index (χ1) is 9.68. The number of aliphatic carboxylic acids is 1. The maximum absolute atomic E-state index is 12.6. The van der Waals surface area contributed by atoms with Crippen molar-refractivity contribution in [1.82, 2.24) is 4.90 Å². The average molecular weight is 323 g/mol. The molecule has 1 aliphatic heterocycles. The van der Waals surface area contributed by atoms with E-state index in [1.165, 1.54) is 4.90 Å². The van der Waals surface area contributed by atoms with Gasteiger partial charge in [0.2, 0.25) is 0 Å². The van der Waals surface area contributed by atoms with Crippen molar-refractivity contribution in [2.75, 3.05) is 18.4 Å². The molecule has 1 fully saturated rings. The van der Waals surface area contributed by atoms with E-state index in [0.29, 0.717) is 0 Å². The zero-order valence-corrected chi connectivity index (χ0v) is 11.2. The predicted molar refractivity (Wildman–Crippen MR) is 68.2 cm³/mol. The minimum Gasteiger partial charge on any atom is -0.481 e. The zero-order chi connectivity index (χ0) is 15.8. The van der Waals surface area contributed by atoms with Crippen molar-refractivity contribution < 1.29 is 27.9 Å². The Hall–Kier alpha value is -1.96. The van der Waals surface area contributed by atoms with E-state index in [1.54, 1.807) is 0 Å². The summed E-state index contributed by atoms with van der Waals surface area (Å²) >= 11 is 5.74. The number of carbonyl (C=O) groups excluding carboxylic acids is 1. The predicted octanol–water partition coefficient (Wildman–Crippen LogP) is 2.91. The normalized spacial score (nSPS) is 15.5. The highest BCUT2D eigenvalue weighted by Gasteiger charge is 2.36. The van der Waals surface area contributed by atoms with Crippen LogP contribution in [0.1, 0.15) is 5.56 Å². The lowest BCUT2D eigenvalue weighted by atomic mass is 10.0. The molecule has 1 saturated heterocycles. The molecule has 0 saturated carbocycles. The van der Waals surface area contributed by atoms with Crippen molar-refractivity contribution in [3.63, 3.8) is 0 Å². The fourth-order valence-electron chi connectivity index (χ4n) is 1.79. The molecule has 0 aliphatic carbocycles. The third kappa shape index (κ3) is 3.38. The summed E-state index contributed by atoms with van der Waals surface area (Å²) in [7, 11) is 0. The van der Waals surface area contributed by atoms with Crippen molar-refractivity contribution in [2.24, 2.45) is 5.92 Å². The summed E-state index contributed by atoms with van der Waals surface area (Å²) in [6, 6.07) is 1.89. The molecular formula is C12H10ClF3N2O3. The Morgan fingerprint density at radius 3 is 2.48 bits per heavy atom. The number of urea groups is 1. The van der Waals surface area contributed by atoms with Gasteiger partial charge in [0.05, 0.1) is 22.2 Å². The summed E-state index contributed by atoms with van der Waals surface area (Å²) in [5.41, 5.74) is -1.11. The third-order valence-corrected chi connectivity index (χ3v) is 3.38. The van der Waals surface area contributed by atoms with Gasteiger partial charge in [-0.3, -0.25) is 4.79 Å². The molecular weight excluding hydrogens is 313 g/mol. The zero-order valence-electron chi connectivity index (χ0n) is 10.4. The lowest BCUT2D eigenvalue weighted by Gasteiger charge is -2.36. The Balaban J connectivity index is 2.06. The molecule has 2 amide bonds. The van der Waals surface area contributed by atoms with Crippen molar-refractivity contribution in [3.8, 4) is 0 Å². The Kier molecular flexibility index (Phi) is 3.99. The van der Waals surface area contributed by atoms with E-state index in [2.05, 4.69) is 5.32 Å². The Bertz CT molecular complexity index is 586. The molecule has 0 unspecified atom stereocenters. The van der Waals surface area contributed by atoms with Gasteiger partial charge in [-0.05, 0) is 18.2 Å². The largest absolute Gasteiger partial charge is 0.481 e. The number of carboxylic acid groups (broad SMARTS) is 1. The van der Waals surface area contributed by atoms with Gasteiger partial charge in [0.1, 0.15) is 0 Å². The minimum absolute atomic E-state index is 0.0117. The lowest BCUT2D eigenvalue weighted by Crippen LogP contribution is -2.54. The van der Waals surface area contributed by atoms with E-state index in [9.17, 15) is 22.8 Å². The van der Waals surface area contributed by atoms with E-state index >= 15 is 0 Å². The summed E-state index contributed by atoms with van der Waals surface area (Å²) in [6.45, 7) is 0.0233. The number of anilines is 1. The Morgan fingerprint density at radius 2 is 1.95 bits per heavy atom. The number of hydrogen-bond acceptors (Lipinski definition) is 2. The molecule has 0 spiro atoms. The number of halogens is 4. The van der Waals surface area contributed by atoms with Gasteiger partial charge in [0.25, 0.3) is 0 Å². The van der Waals surface area contributed by atoms with Crippen LogP contribution < -0.4 is 5.32 Å². The smallest absolute Gasteiger partial charge is 0.416 e. The van der Waals surface area contributed by atoms with Crippen LogP contribution >= 0.6 is 11.6 Å². The second-order valence-electron chi connectivity index (χ2n) is 4.56. The molecule has 0 aromatic heterocycles. The van der Waals surface area contributed by atoms with Crippen molar-refractivity contribution in [1.29, 1.82) is 0 Å². The molecule has 1 heterocycles. The maximum atomic E-state index is 12.6. The van der Waals surface area contributed by atoms with Crippen LogP contribution in [-0.4, -0.2) is 35.1 Å². The third-order valence-electron chi connectivity index (χ3n) is 3.05. The number of nitrogens with one attached hydrogen (secondary N) is 1. The average Bonchev–Trinajstić information content (AvgIpc) is 2.27. The van der Waals surface area contributed by atoms with Gasteiger partial charge in [-0.2, -0.15) is 13.2 Å². The van der Waals surface area contributed by atoms with E-state index in [4.69, 9.17) is 16.7 Å². The van der Waals surface area contributed by atoms with Crippen molar-refractivity contribution in [2.45, 2.75) is 6.18 Å². The number of hydrogen-bond donors (Lipinski definition) is 2. The number of likely N-dealkylation sites (tertiary alicyclic amines) is 1. The molecule has 1 aromatic carbocycles. The summed E-state index contributed by atoms with van der Waals surface area (Å²) in [5, 5.41) is 10.9. The van der Waals surface area contributed by atoms with Gasteiger partial charge in [0, 0.05) is 13.1 Å². The second kappa shape index (κ2) is 5.44. The van der Waals surface area contributed by atoms with Crippen LogP contribution in [0.25, 0.3) is 0 Å². The van der Waals surface area contributed by atoms with Crippen LogP contribution in [0.4, 0.5) is 23.7 Å². The SMILES string of the molecule is O=C(O)C1CN(C(=O)Nc2cc(C(F)(F)F)ccc2Cl)C1. The fourth-order valence-corrected chi connectivity index (χ4v) is 1.96. The Labute approximate surface area is 122 Å². The number of amides is 2. The molecule has 5 nitrogen and oxygen atoms in total. The summed E-state index contributed by atoms with van der Waals surface area (Å²) in [5.74, 6) is -1.66. The van der Waals surface area contributed by atoms with Gasteiger partial charge >= 0.3 is 18.2 Å². The van der Waals surface area contributed by atoms with Crippen LogP contribution in [0.3, 0.4) is 0 Å². The quantitative estimate of drug-likeness (QED) is 0.879. The standard InChI is InChI=1S/C12H10ClF3N2O3/c13-8-2-1-7(12(14,15)16)3-9(8)17-11(21)18-4-6(5-18)10(19)20/h1-3,6H,4-5H2,(H,17,21)(H,19,20). The van der Waals surface area contributed by atoms with Gasteiger partial charge in [-0.15, -0.1) is 0 Å². The van der Waals surface area contributed by atoms with Gasteiger partial charge in [0.15, 0.2) is 0 Å². The Morgan fingerprint density at radius 1 is 1.33 bits per heavy atom. The van der Waals surface area contributed by atoms with E-state index in [0.717, 1.165) is 18.2 Å². The number of nitrogens with zero attached hydrogens (tertiary/aromatic N) is 1. The fraction of sp³-hybridized carbons (Fsp3) is 0.333. The summed E-state index contributed by atoms with van der Waals surface area (Å²) in [4.78, 5) is 23.5. The number of carbonyl (C=O) groups is 2. The highest BCUT2D eigenvalue weighted by atomic mass is 35.5. The molecule has 0 radical (unpaired) electrons. The molecule has 21 heavy (non-hydrogen) atoms. The number of carboxylic acids is 1. The minimum atomic E-state index is -4.55. The van der Waals surface area contributed by atoms with Crippen molar-refractivity contribution in [3.05, 3.63) is 28.8 Å². The number of rotatable bonds is 2. The van der Waals surface area contributed by atoms with Gasteiger partial charge in [-0.1, -0.05) is 11.6 Å². The molecule has 0 atom stereocenters. The highest BCUT2D eigenvalue weighted by Crippen LogP contribution is 2.34. The monoisotopic (exact) mass is 322 g/mol. The van der Waals surface area contributed by atoms with Crippen LogP contribution in [-0.2, 0) is 11.0 Å². The van der Waals surface area contributed by atoms with E-state index in [-0.39, 0.29) is 23.8 Å². The van der Waals surface area contributed by atoms with Gasteiger partial charge < -0.3 is 15.3 Å². The molecule has 1 aliphatic rings. The number of benzene rings is 1. The van der Waals surface area contributed by atoms with Crippen LogP contribution in [0.15, 0.2) is 18.2 Å². The van der Waals surface area contributed by atoms with E-state index < -0.39 is 29.7 Å². The molecule has 0 bridgehead atoms. The van der Waals surface area contributed by atoms with Crippen LogP contribution in [0.5, 0.6) is 0 Å². The first-order valence-corrected chi connectivity index (χ1v) is 6.22. The second-order valence-corrected chi connectivity index (χ2v) is 4.97. The first-order valence-electron chi connectivity index (χ1n) is 5.84. The topological polar surface area (TPSA) is 69.6 Å². The van der Waals surface area contributed by atoms with Crippen molar-refractivity contribution >= 4 is 29.3 Å². The molecule has 2 N–H and O–H groups in total. The first kappa shape index (κ1) is 15.4. The molecule has 9 heteroatoms. The van der Waals surface area contributed by atoms with Crippen LogP contribution in [0, 0.1) is 5.92 Å². The van der Waals surface area contributed by atoms with Gasteiger partial charge in [-0.25, -0.2) is 4.79 Å². The number of alkyl halides is 3.